The van der Waals surface area contributed by atoms with Gasteiger partial charge in [0.05, 0.1) is 20.1 Å². The lowest BCUT2D eigenvalue weighted by atomic mass is 9.81. The molecule has 2 heterocycles. The summed E-state index contributed by atoms with van der Waals surface area (Å²) in [6.45, 7) is 2.12. The van der Waals surface area contributed by atoms with E-state index in [0.29, 0.717) is 78.2 Å². The Morgan fingerprint density at radius 2 is 1.14 bits per heavy atom. The molecule has 4 aromatic rings. The van der Waals surface area contributed by atoms with Crippen LogP contribution in [0.25, 0.3) is 34.8 Å². The van der Waals surface area contributed by atoms with Crippen LogP contribution in [0.1, 0.15) is 31.3 Å². The molecule has 0 radical (unpaired) electrons. The lowest BCUT2D eigenvalue weighted by Gasteiger charge is -2.22. The van der Waals surface area contributed by atoms with E-state index in [9.17, 15) is 4.79 Å². The molecule has 5 rings (SSSR count). The first-order valence-electron chi connectivity index (χ1n) is 11.3. The van der Waals surface area contributed by atoms with Crippen LogP contribution in [0.5, 0.6) is 0 Å². The van der Waals surface area contributed by atoms with Crippen molar-refractivity contribution in [3.63, 3.8) is 0 Å². The van der Waals surface area contributed by atoms with Gasteiger partial charge in [0.25, 0.3) is 0 Å². The molecule has 0 saturated heterocycles. The second kappa shape index (κ2) is 10.4. The quantitative estimate of drug-likeness (QED) is 0.234. The molecule has 1 aliphatic rings. The third-order valence-corrected chi connectivity index (χ3v) is 7.68. The average Bonchev–Trinajstić information content (AvgIpc) is 3.50. The summed E-state index contributed by atoms with van der Waals surface area (Å²) in [5, 5.41) is 1.76. The van der Waals surface area contributed by atoms with Crippen molar-refractivity contribution in [3.05, 3.63) is 103 Å². The Balaban J connectivity index is 1.42. The highest BCUT2D eigenvalue weighted by molar-refractivity contribution is 6.44. The zero-order valence-corrected chi connectivity index (χ0v) is 22.2. The van der Waals surface area contributed by atoms with Crippen LogP contribution < -0.4 is 0 Å². The average molecular weight is 558 g/mol. The van der Waals surface area contributed by atoms with Gasteiger partial charge in [-0.2, -0.15) is 0 Å². The smallest absolute Gasteiger partial charge is 0.185 e. The minimum absolute atomic E-state index is 0.0226. The molecule has 0 unspecified atom stereocenters. The molecule has 0 amide bonds. The van der Waals surface area contributed by atoms with Gasteiger partial charge in [0.15, 0.2) is 5.78 Å². The maximum Gasteiger partial charge on any atom is 0.185 e. The zero-order chi connectivity index (χ0) is 25.4. The van der Waals surface area contributed by atoms with Crippen molar-refractivity contribution in [3.8, 4) is 22.6 Å². The number of allylic oxidation sites excluding steroid dienone is 2. The molecule has 2 aromatic carbocycles. The molecule has 36 heavy (non-hydrogen) atoms. The Bertz CT molecular complexity index is 1410. The normalized spacial score (nSPS) is 18.4. The van der Waals surface area contributed by atoms with Crippen molar-refractivity contribution < 1.29 is 13.6 Å². The summed E-state index contributed by atoms with van der Waals surface area (Å²) in [6, 6.07) is 18.0. The third kappa shape index (κ3) is 5.07. The van der Waals surface area contributed by atoms with Crippen LogP contribution in [0, 0.1) is 5.92 Å². The molecule has 0 bridgehead atoms. The highest BCUT2D eigenvalue weighted by atomic mass is 35.5. The Labute approximate surface area is 228 Å². The van der Waals surface area contributed by atoms with E-state index in [1.165, 1.54) is 0 Å². The predicted octanol–water partition coefficient (Wildman–Crippen LogP) is 10.3. The van der Waals surface area contributed by atoms with Gasteiger partial charge in [-0.15, -0.1) is 0 Å². The fraction of sp³-hybridized carbons (Fsp3) is 0.138. The number of rotatable bonds is 4. The summed E-state index contributed by atoms with van der Waals surface area (Å²) >= 11 is 24.9. The van der Waals surface area contributed by atoms with Crippen molar-refractivity contribution >= 4 is 64.3 Å². The lowest BCUT2D eigenvalue weighted by Crippen LogP contribution is -2.18. The minimum Gasteiger partial charge on any atom is -0.457 e. The van der Waals surface area contributed by atoms with E-state index in [1.807, 2.05) is 48.5 Å². The number of ketones is 1. The van der Waals surface area contributed by atoms with Gasteiger partial charge in [0, 0.05) is 22.3 Å². The first-order valence-corrected chi connectivity index (χ1v) is 12.9. The van der Waals surface area contributed by atoms with Crippen LogP contribution in [0.4, 0.5) is 0 Å². The molecule has 182 valence electrons. The predicted molar refractivity (Wildman–Crippen MR) is 148 cm³/mol. The van der Waals surface area contributed by atoms with Crippen molar-refractivity contribution in [2.24, 2.45) is 5.92 Å². The maximum absolute atomic E-state index is 13.3. The van der Waals surface area contributed by atoms with E-state index < -0.39 is 0 Å². The van der Waals surface area contributed by atoms with Crippen molar-refractivity contribution in [1.82, 2.24) is 0 Å². The van der Waals surface area contributed by atoms with Crippen LogP contribution in [0.2, 0.25) is 20.1 Å². The summed E-state index contributed by atoms with van der Waals surface area (Å²) < 4.78 is 12.0. The van der Waals surface area contributed by atoms with Gasteiger partial charge < -0.3 is 8.83 Å². The van der Waals surface area contributed by atoms with Gasteiger partial charge in [0.2, 0.25) is 0 Å². The van der Waals surface area contributed by atoms with E-state index in [2.05, 4.69) is 6.92 Å². The molecular formula is C29H20Cl4O3. The molecule has 1 saturated carbocycles. The fourth-order valence-corrected chi connectivity index (χ4v) is 5.13. The summed E-state index contributed by atoms with van der Waals surface area (Å²) in [5.74, 6) is 2.59. The van der Waals surface area contributed by atoms with Gasteiger partial charge in [-0.3, -0.25) is 4.79 Å². The van der Waals surface area contributed by atoms with Gasteiger partial charge in [0.1, 0.15) is 23.0 Å². The molecule has 0 aliphatic heterocycles. The molecule has 7 heteroatoms. The number of hydrogen-bond donors (Lipinski definition) is 0. The largest absolute Gasteiger partial charge is 0.457 e. The van der Waals surface area contributed by atoms with Crippen molar-refractivity contribution in [2.45, 2.75) is 19.8 Å². The topological polar surface area (TPSA) is 43.4 Å². The van der Waals surface area contributed by atoms with Crippen molar-refractivity contribution in [1.29, 1.82) is 0 Å². The second-order valence-electron chi connectivity index (χ2n) is 8.79. The van der Waals surface area contributed by atoms with Crippen LogP contribution in [-0.2, 0) is 4.79 Å². The Hall–Kier alpha value is -2.69. The Kier molecular flexibility index (Phi) is 7.18. The molecule has 3 nitrogen and oxygen atoms in total. The number of carbonyl (C=O) groups is 1. The summed E-state index contributed by atoms with van der Waals surface area (Å²) in [4.78, 5) is 13.3. The lowest BCUT2D eigenvalue weighted by molar-refractivity contribution is -0.113. The van der Waals surface area contributed by atoms with Crippen LogP contribution in [-0.4, -0.2) is 5.78 Å². The van der Waals surface area contributed by atoms with E-state index in [1.54, 1.807) is 24.3 Å². The SMILES string of the molecule is CC1C/C(=C\c2ccc(-c3cccc(Cl)c3Cl)o2)C(=O)/C(=C/c2ccc(-c3cccc(Cl)c3Cl)o2)C1. The number of benzene rings is 2. The molecule has 0 atom stereocenters. The number of halogens is 4. The van der Waals surface area contributed by atoms with Crippen LogP contribution in [0.3, 0.4) is 0 Å². The summed E-state index contributed by atoms with van der Waals surface area (Å²) in [5.41, 5.74) is 2.77. The highest BCUT2D eigenvalue weighted by Gasteiger charge is 2.26. The maximum atomic E-state index is 13.3. The van der Waals surface area contributed by atoms with Gasteiger partial charge in [-0.05, 0) is 79.4 Å². The summed E-state index contributed by atoms with van der Waals surface area (Å²) in [7, 11) is 0. The van der Waals surface area contributed by atoms with Gasteiger partial charge >= 0.3 is 0 Å². The van der Waals surface area contributed by atoms with E-state index >= 15 is 0 Å². The number of hydrogen-bond acceptors (Lipinski definition) is 3. The fourth-order valence-electron chi connectivity index (χ4n) is 4.35. The Morgan fingerprint density at radius 1 is 0.694 bits per heavy atom. The second-order valence-corrected chi connectivity index (χ2v) is 10.4. The Morgan fingerprint density at radius 3 is 1.58 bits per heavy atom. The van der Waals surface area contributed by atoms with Gasteiger partial charge in [-0.25, -0.2) is 0 Å². The number of Topliss-reactive ketones (excluding diaryl/α,β-unsaturated/α-hetero) is 1. The standard InChI is InChI=1S/C29H20Cl4O3/c1-16-12-17(14-19-8-10-25(35-19)21-4-2-6-23(30)27(21)32)29(34)18(13-16)15-20-9-11-26(36-20)22-5-3-7-24(31)28(22)33/h2-11,14-16H,12-13H2,1H3/b17-14+,18-15+. The first-order chi connectivity index (χ1) is 17.3. The molecule has 0 N–H and O–H groups in total. The zero-order valence-electron chi connectivity index (χ0n) is 19.2. The molecule has 1 fully saturated rings. The number of carbonyl (C=O) groups excluding carboxylic acids is 1. The summed E-state index contributed by atoms with van der Waals surface area (Å²) in [6.07, 6.45) is 4.91. The highest BCUT2D eigenvalue weighted by Crippen LogP contribution is 2.38. The third-order valence-electron chi connectivity index (χ3n) is 6.04. The minimum atomic E-state index is -0.0226. The van der Waals surface area contributed by atoms with Crippen LogP contribution >= 0.6 is 46.4 Å². The van der Waals surface area contributed by atoms with Crippen molar-refractivity contribution in [2.75, 3.05) is 0 Å². The molecular weight excluding hydrogens is 538 g/mol. The van der Waals surface area contributed by atoms with Crippen LogP contribution in [0.15, 0.2) is 80.6 Å². The van der Waals surface area contributed by atoms with E-state index in [4.69, 9.17) is 55.2 Å². The van der Waals surface area contributed by atoms with Gasteiger partial charge in [-0.1, -0.05) is 65.5 Å². The molecule has 0 spiro atoms. The monoisotopic (exact) mass is 556 g/mol. The van der Waals surface area contributed by atoms with E-state index in [-0.39, 0.29) is 11.7 Å². The number of furan rings is 2. The molecule has 2 aromatic heterocycles. The first kappa shape index (κ1) is 25.0. The van der Waals surface area contributed by atoms with E-state index in [0.717, 1.165) is 0 Å². The molecule has 1 aliphatic carbocycles.